The van der Waals surface area contributed by atoms with Crippen molar-refractivity contribution >= 4 is 17.6 Å². The average Bonchev–Trinajstić information content (AvgIpc) is 2.96. The topological polar surface area (TPSA) is 88.8 Å². The highest BCUT2D eigenvalue weighted by molar-refractivity contribution is 5.93. The van der Waals surface area contributed by atoms with E-state index in [1.165, 1.54) is 13.2 Å². The largest absolute Gasteiger partial charge is 0.496 e. The van der Waals surface area contributed by atoms with Gasteiger partial charge in [-0.25, -0.2) is 4.79 Å². The zero-order chi connectivity index (χ0) is 16.3. The number of benzene rings is 1. The van der Waals surface area contributed by atoms with Gasteiger partial charge in [-0.3, -0.25) is 4.79 Å². The lowest BCUT2D eigenvalue weighted by atomic mass is 10.1. The number of hydrogen-bond donors (Lipinski definition) is 2. The first-order valence-electron chi connectivity index (χ1n) is 6.74. The van der Waals surface area contributed by atoms with Crippen LogP contribution in [-0.4, -0.2) is 24.1 Å². The van der Waals surface area contributed by atoms with Crippen LogP contribution in [0.25, 0.3) is 11.3 Å². The first kappa shape index (κ1) is 15.6. The molecule has 1 aromatic heterocycles. The smallest absolute Gasteiger partial charge is 0.371 e. The van der Waals surface area contributed by atoms with E-state index in [9.17, 15) is 9.59 Å². The molecular weight excluding hydrogens is 286 g/mol. The van der Waals surface area contributed by atoms with E-state index in [1.54, 1.807) is 38.1 Å². The van der Waals surface area contributed by atoms with Crippen LogP contribution in [0.3, 0.4) is 0 Å². The molecule has 0 aliphatic rings. The van der Waals surface area contributed by atoms with Gasteiger partial charge in [-0.15, -0.1) is 0 Å². The minimum absolute atomic E-state index is 0.0963. The molecule has 0 aliphatic carbocycles. The van der Waals surface area contributed by atoms with Crippen LogP contribution in [0.2, 0.25) is 0 Å². The molecule has 0 bridgehead atoms. The molecule has 0 unspecified atom stereocenters. The number of ether oxygens (including phenoxy) is 1. The SMILES string of the molecule is COc1cc(NC(=O)C(C)C)ccc1-c1ccc(C(=O)O)o1. The lowest BCUT2D eigenvalue weighted by Gasteiger charge is -2.11. The third kappa shape index (κ3) is 3.28. The Morgan fingerprint density at radius 2 is 1.95 bits per heavy atom. The van der Waals surface area contributed by atoms with Crippen molar-refractivity contribution in [2.75, 3.05) is 12.4 Å². The van der Waals surface area contributed by atoms with E-state index in [2.05, 4.69) is 5.32 Å². The average molecular weight is 303 g/mol. The summed E-state index contributed by atoms with van der Waals surface area (Å²) in [5.41, 5.74) is 1.21. The van der Waals surface area contributed by atoms with Crippen LogP contribution in [-0.2, 0) is 4.79 Å². The molecule has 2 rings (SSSR count). The van der Waals surface area contributed by atoms with Gasteiger partial charge in [0.15, 0.2) is 0 Å². The van der Waals surface area contributed by atoms with Crippen LogP contribution in [0.5, 0.6) is 5.75 Å². The van der Waals surface area contributed by atoms with Crippen molar-refractivity contribution in [1.82, 2.24) is 0 Å². The Morgan fingerprint density at radius 1 is 1.23 bits per heavy atom. The molecule has 0 atom stereocenters. The number of carboxylic acids is 1. The summed E-state index contributed by atoms with van der Waals surface area (Å²) in [4.78, 5) is 22.6. The minimum atomic E-state index is -1.13. The number of furan rings is 1. The molecule has 1 amide bonds. The quantitative estimate of drug-likeness (QED) is 0.885. The highest BCUT2D eigenvalue weighted by atomic mass is 16.5. The van der Waals surface area contributed by atoms with Crippen molar-refractivity contribution in [2.24, 2.45) is 5.92 Å². The normalized spacial score (nSPS) is 10.5. The second kappa shape index (κ2) is 6.34. The second-order valence-corrected chi connectivity index (χ2v) is 5.03. The Morgan fingerprint density at radius 3 is 2.50 bits per heavy atom. The van der Waals surface area contributed by atoms with Crippen LogP contribution in [0.1, 0.15) is 24.4 Å². The Balaban J connectivity index is 2.33. The zero-order valence-electron chi connectivity index (χ0n) is 12.5. The number of carbonyl (C=O) groups excluding carboxylic acids is 1. The molecule has 2 aromatic rings. The standard InChI is InChI=1S/C16H17NO5/c1-9(2)15(18)17-10-4-5-11(14(8-10)21-3)12-6-7-13(22-12)16(19)20/h4-9H,1-3H3,(H,17,18)(H,19,20). The van der Waals surface area contributed by atoms with Crippen LogP contribution >= 0.6 is 0 Å². The summed E-state index contributed by atoms with van der Waals surface area (Å²) in [5.74, 6) is -0.640. The van der Waals surface area contributed by atoms with Gasteiger partial charge in [0.05, 0.1) is 12.7 Å². The highest BCUT2D eigenvalue weighted by Crippen LogP contribution is 2.33. The summed E-state index contributed by atoms with van der Waals surface area (Å²) in [6.07, 6.45) is 0. The summed E-state index contributed by atoms with van der Waals surface area (Å²) < 4.78 is 10.6. The van der Waals surface area contributed by atoms with Crippen molar-refractivity contribution in [3.63, 3.8) is 0 Å². The van der Waals surface area contributed by atoms with Crippen LogP contribution < -0.4 is 10.1 Å². The first-order valence-corrected chi connectivity index (χ1v) is 6.74. The zero-order valence-corrected chi connectivity index (χ0v) is 12.5. The predicted molar refractivity (Wildman–Crippen MR) is 81.1 cm³/mol. The van der Waals surface area contributed by atoms with Gasteiger partial charge in [0.25, 0.3) is 0 Å². The fourth-order valence-corrected chi connectivity index (χ4v) is 1.86. The van der Waals surface area contributed by atoms with Gasteiger partial charge in [-0.2, -0.15) is 0 Å². The number of carbonyl (C=O) groups is 2. The fraction of sp³-hybridized carbons (Fsp3) is 0.250. The number of anilines is 1. The lowest BCUT2D eigenvalue weighted by Crippen LogP contribution is -2.17. The van der Waals surface area contributed by atoms with Gasteiger partial charge in [0.2, 0.25) is 11.7 Å². The monoisotopic (exact) mass is 303 g/mol. The van der Waals surface area contributed by atoms with E-state index in [0.29, 0.717) is 22.8 Å². The van der Waals surface area contributed by atoms with E-state index in [-0.39, 0.29) is 17.6 Å². The molecule has 0 fully saturated rings. The first-order chi connectivity index (χ1) is 10.4. The number of aromatic carboxylic acids is 1. The molecule has 6 heteroatoms. The number of nitrogens with one attached hydrogen (secondary N) is 1. The molecule has 2 N–H and O–H groups in total. The highest BCUT2D eigenvalue weighted by Gasteiger charge is 2.15. The molecule has 0 saturated carbocycles. The van der Waals surface area contributed by atoms with E-state index >= 15 is 0 Å². The van der Waals surface area contributed by atoms with Gasteiger partial charge in [-0.05, 0) is 24.3 Å². The molecule has 0 spiro atoms. The van der Waals surface area contributed by atoms with Crippen LogP contribution in [0, 0.1) is 5.92 Å². The Hall–Kier alpha value is -2.76. The molecule has 6 nitrogen and oxygen atoms in total. The Bertz CT molecular complexity index is 702. The fourth-order valence-electron chi connectivity index (χ4n) is 1.86. The number of rotatable bonds is 5. The number of methoxy groups -OCH3 is 1. The van der Waals surface area contributed by atoms with Crippen molar-refractivity contribution in [3.8, 4) is 17.1 Å². The summed E-state index contributed by atoms with van der Waals surface area (Å²) >= 11 is 0. The Kier molecular flexibility index (Phi) is 4.50. The van der Waals surface area contributed by atoms with Gasteiger partial charge >= 0.3 is 5.97 Å². The Labute approximate surface area is 127 Å². The molecular formula is C16H17NO5. The predicted octanol–water partition coefficient (Wildman–Crippen LogP) is 3.25. The van der Waals surface area contributed by atoms with E-state index < -0.39 is 5.97 Å². The second-order valence-electron chi connectivity index (χ2n) is 5.03. The van der Waals surface area contributed by atoms with Gasteiger partial charge in [0, 0.05) is 17.7 Å². The molecule has 1 aromatic carbocycles. The maximum Gasteiger partial charge on any atom is 0.371 e. The number of carboxylic acid groups (broad SMARTS) is 1. The molecule has 0 saturated heterocycles. The van der Waals surface area contributed by atoms with Crippen molar-refractivity contribution < 1.29 is 23.8 Å². The van der Waals surface area contributed by atoms with E-state index in [4.69, 9.17) is 14.3 Å². The summed E-state index contributed by atoms with van der Waals surface area (Å²) in [5, 5.41) is 11.7. The van der Waals surface area contributed by atoms with Crippen LogP contribution in [0.15, 0.2) is 34.7 Å². The van der Waals surface area contributed by atoms with Gasteiger partial charge < -0.3 is 19.6 Å². The lowest BCUT2D eigenvalue weighted by molar-refractivity contribution is -0.118. The molecule has 22 heavy (non-hydrogen) atoms. The maximum atomic E-state index is 11.7. The van der Waals surface area contributed by atoms with Crippen molar-refractivity contribution in [2.45, 2.75) is 13.8 Å². The summed E-state index contributed by atoms with van der Waals surface area (Å²) in [6, 6.07) is 8.03. The van der Waals surface area contributed by atoms with Crippen molar-refractivity contribution in [3.05, 3.63) is 36.1 Å². The molecule has 116 valence electrons. The minimum Gasteiger partial charge on any atom is -0.496 e. The summed E-state index contributed by atoms with van der Waals surface area (Å²) in [6.45, 7) is 3.61. The third-order valence-corrected chi connectivity index (χ3v) is 3.08. The molecule has 1 heterocycles. The van der Waals surface area contributed by atoms with E-state index in [0.717, 1.165) is 0 Å². The van der Waals surface area contributed by atoms with Crippen LogP contribution in [0.4, 0.5) is 5.69 Å². The van der Waals surface area contributed by atoms with Gasteiger partial charge in [-0.1, -0.05) is 13.8 Å². The van der Waals surface area contributed by atoms with Gasteiger partial charge in [0.1, 0.15) is 11.5 Å². The van der Waals surface area contributed by atoms with E-state index in [1.807, 2.05) is 0 Å². The molecule has 0 aliphatic heterocycles. The third-order valence-electron chi connectivity index (χ3n) is 3.08. The summed E-state index contributed by atoms with van der Waals surface area (Å²) in [7, 11) is 1.49. The van der Waals surface area contributed by atoms with Crippen molar-refractivity contribution in [1.29, 1.82) is 0 Å². The molecule has 0 radical (unpaired) electrons. The maximum absolute atomic E-state index is 11.7. The number of amides is 1. The number of hydrogen-bond acceptors (Lipinski definition) is 4.